The molecule has 0 unspecified atom stereocenters. The molecule has 16 heavy (non-hydrogen) atoms. The molecule has 0 spiro atoms. The Kier molecular flexibility index (Phi) is 2.82. The Morgan fingerprint density at radius 3 is 3.06 bits per heavy atom. The van der Waals surface area contributed by atoms with Crippen LogP contribution in [-0.2, 0) is 14.8 Å². The van der Waals surface area contributed by atoms with E-state index in [2.05, 4.69) is 11.9 Å². The molecule has 0 aromatic rings. The third-order valence-electron chi connectivity index (χ3n) is 2.39. The molecule has 0 aromatic heterocycles. The lowest BCUT2D eigenvalue weighted by atomic mass is 10.1. The third kappa shape index (κ3) is 1.76. The van der Waals surface area contributed by atoms with Crippen LogP contribution in [0.5, 0.6) is 0 Å². The fraction of sp³-hybridized carbons (Fsp3) is 0.400. The number of allylic oxidation sites excluding steroid dienone is 1. The maximum atomic E-state index is 11.7. The van der Waals surface area contributed by atoms with Crippen LogP contribution >= 0.6 is 0 Å². The van der Waals surface area contributed by atoms with Crippen molar-refractivity contribution in [3.05, 3.63) is 11.8 Å². The second-order valence-electron chi connectivity index (χ2n) is 3.62. The second kappa shape index (κ2) is 4.13. The average Bonchev–Trinajstić information content (AvgIpc) is 2.56. The normalized spacial score (nSPS) is 18.9. The highest BCUT2D eigenvalue weighted by atomic mass is 32.1. The zero-order valence-corrected chi connectivity index (χ0v) is 9.66. The molecule has 0 saturated carbocycles. The van der Waals surface area contributed by atoms with Gasteiger partial charge in [-0.1, -0.05) is 13.3 Å². The lowest BCUT2D eigenvalue weighted by Gasteiger charge is -2.18. The van der Waals surface area contributed by atoms with E-state index in [1.54, 1.807) is 11.1 Å². The molecule has 0 radical (unpaired) electrons. The van der Waals surface area contributed by atoms with E-state index in [1.807, 2.05) is 6.20 Å². The van der Waals surface area contributed by atoms with Crippen molar-refractivity contribution >= 4 is 32.1 Å². The largest absolute Gasteiger partial charge is 0.477 e. The van der Waals surface area contributed by atoms with Crippen LogP contribution < -0.4 is 0 Å². The lowest BCUT2D eigenvalue weighted by molar-refractivity contribution is -0.129. The van der Waals surface area contributed by atoms with E-state index >= 15 is 0 Å². The predicted molar refractivity (Wildman–Crippen MR) is 64.0 cm³/mol. The fourth-order valence-corrected chi connectivity index (χ4v) is 2.77. The van der Waals surface area contributed by atoms with E-state index in [9.17, 15) is 9.00 Å². The first kappa shape index (κ1) is 10.9. The third-order valence-corrected chi connectivity index (χ3v) is 3.81. The number of hydrogen-bond donors (Lipinski definition) is 1. The summed E-state index contributed by atoms with van der Waals surface area (Å²) < 4.78 is 11.7. The van der Waals surface area contributed by atoms with Gasteiger partial charge in [0.25, 0.3) is 0 Å². The van der Waals surface area contributed by atoms with Crippen LogP contribution in [-0.4, -0.2) is 42.9 Å². The van der Waals surface area contributed by atoms with Gasteiger partial charge in [0, 0.05) is 12.4 Å². The minimum absolute atomic E-state index is 0.00106. The first-order valence-corrected chi connectivity index (χ1v) is 6.17. The van der Waals surface area contributed by atoms with Crippen molar-refractivity contribution in [2.24, 2.45) is 4.99 Å². The summed E-state index contributed by atoms with van der Waals surface area (Å²) in [5.41, 5.74) is 1.04. The Labute approximate surface area is 94.7 Å². The summed E-state index contributed by atoms with van der Waals surface area (Å²) in [6.45, 7) is 2.23. The first-order valence-electron chi connectivity index (χ1n) is 5.02. The van der Waals surface area contributed by atoms with Crippen molar-refractivity contribution in [3.8, 4) is 0 Å². The fourth-order valence-electron chi connectivity index (χ4n) is 1.66. The molecule has 0 fully saturated rings. The molecule has 0 bridgehead atoms. The average molecular weight is 240 g/mol. The lowest BCUT2D eigenvalue weighted by Crippen LogP contribution is -2.29. The van der Waals surface area contributed by atoms with Crippen LogP contribution in [0.4, 0.5) is 0 Å². The summed E-state index contributed by atoms with van der Waals surface area (Å²) in [6.07, 6.45) is 5.39. The molecule has 0 atom stereocenters. The van der Waals surface area contributed by atoms with Gasteiger partial charge < -0.3 is 10.0 Å². The molecule has 0 aromatic carbocycles. The molecule has 5 nitrogen and oxygen atoms in total. The topological polar surface area (TPSA) is 70.0 Å². The van der Waals surface area contributed by atoms with Gasteiger partial charge in [0.1, 0.15) is 4.86 Å². The number of carboxylic acids is 1. The Balaban J connectivity index is 2.35. The number of carboxylic acid groups (broad SMARTS) is 1. The van der Waals surface area contributed by atoms with E-state index in [0.29, 0.717) is 5.11 Å². The van der Waals surface area contributed by atoms with Crippen molar-refractivity contribution < 1.29 is 14.1 Å². The van der Waals surface area contributed by atoms with Crippen LogP contribution in [0.15, 0.2) is 16.8 Å². The number of nitrogens with zero attached hydrogens (tertiary/aromatic N) is 2. The summed E-state index contributed by atoms with van der Waals surface area (Å²) in [5.74, 6) is -1.11. The maximum Gasteiger partial charge on any atom is 0.346 e. The molecule has 0 amide bonds. The highest BCUT2D eigenvalue weighted by Crippen LogP contribution is 2.13. The Bertz CT molecular complexity index is 542. The Hall–Kier alpha value is -1.56. The van der Waals surface area contributed by atoms with Gasteiger partial charge in [-0.15, -0.1) is 0 Å². The standard InChI is InChI=1S/C10H12N2O3S/c1-2-3-7-4-11-10-12(5-7)6-8(9(13)14)16(10)15/h4-5H,2-3,6H2,1H3,(H,13,14). The summed E-state index contributed by atoms with van der Waals surface area (Å²) in [6, 6.07) is 0. The van der Waals surface area contributed by atoms with Crippen LogP contribution in [0.3, 0.4) is 0 Å². The van der Waals surface area contributed by atoms with Crippen molar-refractivity contribution in [1.82, 2.24) is 4.90 Å². The van der Waals surface area contributed by atoms with Crippen molar-refractivity contribution in [3.63, 3.8) is 0 Å². The first-order chi connectivity index (χ1) is 7.63. The van der Waals surface area contributed by atoms with Crippen LogP contribution in [0, 0.1) is 0 Å². The quantitative estimate of drug-likeness (QED) is 0.714. The minimum atomic E-state index is -1.61. The molecule has 2 aliphatic heterocycles. The monoisotopic (exact) mass is 240 g/mol. The minimum Gasteiger partial charge on any atom is -0.477 e. The van der Waals surface area contributed by atoms with Gasteiger partial charge in [-0.2, -0.15) is 0 Å². The molecule has 86 valence electrons. The SMILES string of the molecule is CCCC1=CN2CC(C(=O)O)=S(=O)=C2N=C1. The Morgan fingerprint density at radius 1 is 1.69 bits per heavy atom. The van der Waals surface area contributed by atoms with E-state index < -0.39 is 15.9 Å². The molecular weight excluding hydrogens is 228 g/mol. The van der Waals surface area contributed by atoms with Crippen molar-refractivity contribution in [1.29, 1.82) is 0 Å². The summed E-state index contributed by atoms with van der Waals surface area (Å²) in [4.78, 5) is 16.5. The zero-order valence-electron chi connectivity index (χ0n) is 8.84. The second-order valence-corrected chi connectivity index (χ2v) is 5.02. The van der Waals surface area contributed by atoms with Crippen LogP contribution in [0.25, 0.3) is 0 Å². The number of fused-ring (bicyclic) bond motifs is 1. The number of rotatable bonds is 3. The summed E-state index contributed by atoms with van der Waals surface area (Å²) >= 11 is 0. The van der Waals surface area contributed by atoms with Gasteiger partial charge in [-0.05, 0) is 12.0 Å². The van der Waals surface area contributed by atoms with Gasteiger partial charge in [0.15, 0.2) is 0 Å². The van der Waals surface area contributed by atoms with Gasteiger partial charge >= 0.3 is 5.97 Å². The molecule has 0 aliphatic carbocycles. The van der Waals surface area contributed by atoms with Crippen LogP contribution in [0.2, 0.25) is 0 Å². The summed E-state index contributed by atoms with van der Waals surface area (Å²) in [7, 11) is -1.61. The highest BCUT2D eigenvalue weighted by molar-refractivity contribution is 7.86. The molecule has 2 aliphatic rings. The van der Waals surface area contributed by atoms with E-state index in [4.69, 9.17) is 5.11 Å². The van der Waals surface area contributed by atoms with Gasteiger partial charge in [0.2, 0.25) is 5.11 Å². The van der Waals surface area contributed by atoms with Crippen molar-refractivity contribution in [2.45, 2.75) is 19.8 Å². The van der Waals surface area contributed by atoms with Crippen LogP contribution in [0.1, 0.15) is 19.8 Å². The van der Waals surface area contributed by atoms with E-state index in [-0.39, 0.29) is 11.4 Å². The molecular formula is C10H12N2O3S. The highest BCUT2D eigenvalue weighted by Gasteiger charge is 2.26. The van der Waals surface area contributed by atoms with Gasteiger partial charge in [-0.25, -0.2) is 14.0 Å². The Morgan fingerprint density at radius 2 is 2.44 bits per heavy atom. The molecule has 2 rings (SSSR count). The molecule has 2 heterocycles. The zero-order chi connectivity index (χ0) is 11.7. The van der Waals surface area contributed by atoms with Crippen molar-refractivity contribution in [2.75, 3.05) is 6.54 Å². The van der Waals surface area contributed by atoms with E-state index in [0.717, 1.165) is 18.4 Å². The number of hydrogen-bond acceptors (Lipinski definition) is 4. The number of carbonyl (C=O) groups is 1. The maximum absolute atomic E-state index is 11.7. The summed E-state index contributed by atoms with van der Waals surface area (Å²) in [5, 5.41) is 9.19. The number of aliphatic imine (C=N–C) groups is 1. The van der Waals surface area contributed by atoms with E-state index in [1.165, 1.54) is 0 Å². The number of aliphatic carboxylic acids is 1. The molecule has 1 N–H and O–H groups in total. The van der Waals surface area contributed by atoms with Gasteiger partial charge in [0.05, 0.1) is 16.5 Å². The molecule has 6 heteroatoms. The predicted octanol–water partition coefficient (Wildman–Crippen LogP) is 0.163. The smallest absolute Gasteiger partial charge is 0.346 e. The molecule has 0 saturated heterocycles. The van der Waals surface area contributed by atoms with Gasteiger partial charge in [-0.3, -0.25) is 0 Å².